The molecule has 2 aromatic carbocycles. The Bertz CT molecular complexity index is 998. The lowest BCUT2D eigenvalue weighted by atomic mass is 10.0. The molecule has 114 valence electrons. The van der Waals surface area contributed by atoms with Gasteiger partial charge in [-0.05, 0) is 30.3 Å². The standard InChI is InChI=1S/C17H11FN2O2S/c18-13-5-2-1-4-12(13)16(21)11-6-7-14-15(10-11)23-17(22)20(14)9-3-8-19/h1-2,4-7,10H,3,9H2. The molecule has 4 nitrogen and oxygen atoms in total. The number of benzene rings is 2. The van der Waals surface area contributed by atoms with Gasteiger partial charge in [0.1, 0.15) is 5.82 Å². The predicted octanol–water partition coefficient (Wildman–Crippen LogP) is 3.35. The summed E-state index contributed by atoms with van der Waals surface area (Å²) in [5.41, 5.74) is 1.01. The van der Waals surface area contributed by atoms with E-state index in [0.29, 0.717) is 22.3 Å². The fourth-order valence-corrected chi connectivity index (χ4v) is 3.34. The van der Waals surface area contributed by atoms with E-state index >= 15 is 0 Å². The Kier molecular flexibility index (Phi) is 4.04. The lowest BCUT2D eigenvalue weighted by Crippen LogP contribution is -2.12. The van der Waals surface area contributed by atoms with Crippen molar-refractivity contribution in [3.63, 3.8) is 0 Å². The summed E-state index contributed by atoms with van der Waals surface area (Å²) in [5.74, 6) is -0.994. The first-order valence-corrected chi connectivity index (χ1v) is 7.73. The van der Waals surface area contributed by atoms with Crippen LogP contribution in [0.3, 0.4) is 0 Å². The molecule has 0 aliphatic carbocycles. The molecule has 1 aromatic heterocycles. The number of rotatable bonds is 4. The van der Waals surface area contributed by atoms with Gasteiger partial charge in [0.05, 0.1) is 28.3 Å². The van der Waals surface area contributed by atoms with Gasteiger partial charge in [0.15, 0.2) is 5.78 Å². The Morgan fingerprint density at radius 2 is 2.04 bits per heavy atom. The van der Waals surface area contributed by atoms with Gasteiger partial charge in [-0.2, -0.15) is 5.26 Å². The second kappa shape index (κ2) is 6.15. The van der Waals surface area contributed by atoms with E-state index in [9.17, 15) is 14.0 Å². The third-order valence-electron chi connectivity index (χ3n) is 3.50. The summed E-state index contributed by atoms with van der Waals surface area (Å²) >= 11 is 1.01. The Hall–Kier alpha value is -2.78. The number of hydrogen-bond donors (Lipinski definition) is 0. The summed E-state index contributed by atoms with van der Waals surface area (Å²) in [6.07, 6.45) is 0.238. The second-order valence-electron chi connectivity index (χ2n) is 4.92. The molecule has 0 spiro atoms. The number of aryl methyl sites for hydroxylation is 1. The minimum atomic E-state index is -0.572. The number of nitriles is 1. The van der Waals surface area contributed by atoms with Crippen LogP contribution in [0, 0.1) is 17.1 Å². The van der Waals surface area contributed by atoms with E-state index in [1.807, 2.05) is 6.07 Å². The van der Waals surface area contributed by atoms with Gasteiger partial charge in [-0.1, -0.05) is 23.5 Å². The average Bonchev–Trinajstić information content (AvgIpc) is 2.87. The van der Waals surface area contributed by atoms with Crippen LogP contribution in [0.4, 0.5) is 4.39 Å². The van der Waals surface area contributed by atoms with Crippen molar-refractivity contribution in [2.75, 3.05) is 0 Å². The smallest absolute Gasteiger partial charge is 0.298 e. The maximum absolute atomic E-state index is 13.7. The monoisotopic (exact) mass is 326 g/mol. The number of nitrogens with zero attached hydrogens (tertiary/aromatic N) is 2. The molecule has 0 atom stereocenters. The quantitative estimate of drug-likeness (QED) is 0.691. The fourth-order valence-electron chi connectivity index (χ4n) is 2.38. The molecule has 0 aliphatic heterocycles. The second-order valence-corrected chi connectivity index (χ2v) is 5.91. The largest absolute Gasteiger partial charge is 0.308 e. The lowest BCUT2D eigenvalue weighted by molar-refractivity contribution is 0.103. The predicted molar refractivity (Wildman–Crippen MR) is 86.1 cm³/mol. The first kappa shape index (κ1) is 15.1. The van der Waals surface area contributed by atoms with Gasteiger partial charge in [0.2, 0.25) is 0 Å². The average molecular weight is 326 g/mol. The minimum Gasteiger partial charge on any atom is -0.298 e. The highest BCUT2D eigenvalue weighted by atomic mass is 32.1. The van der Waals surface area contributed by atoms with Gasteiger partial charge >= 0.3 is 4.87 Å². The van der Waals surface area contributed by atoms with E-state index in [2.05, 4.69) is 0 Å². The molecule has 1 heterocycles. The molecule has 0 aliphatic rings. The fraction of sp³-hybridized carbons (Fsp3) is 0.118. The number of carbonyl (C=O) groups excluding carboxylic acids is 1. The van der Waals surface area contributed by atoms with Crippen LogP contribution in [0.15, 0.2) is 47.3 Å². The summed E-state index contributed by atoms with van der Waals surface area (Å²) in [5, 5.41) is 8.65. The Morgan fingerprint density at radius 3 is 2.78 bits per heavy atom. The molecular weight excluding hydrogens is 315 g/mol. The van der Waals surface area contributed by atoms with Crippen LogP contribution in [0.25, 0.3) is 10.2 Å². The molecule has 23 heavy (non-hydrogen) atoms. The highest BCUT2D eigenvalue weighted by Crippen LogP contribution is 2.22. The first-order chi connectivity index (χ1) is 11.1. The van der Waals surface area contributed by atoms with E-state index in [4.69, 9.17) is 5.26 Å². The van der Waals surface area contributed by atoms with Crippen LogP contribution in [0.5, 0.6) is 0 Å². The molecule has 0 saturated heterocycles. The zero-order valence-corrected chi connectivity index (χ0v) is 12.8. The molecule has 0 fully saturated rings. The van der Waals surface area contributed by atoms with E-state index in [-0.39, 0.29) is 16.9 Å². The molecule has 6 heteroatoms. The van der Waals surface area contributed by atoms with Gasteiger partial charge in [-0.3, -0.25) is 14.2 Å². The third kappa shape index (κ3) is 2.79. The minimum absolute atomic E-state index is 0.00288. The molecule has 0 amide bonds. The topological polar surface area (TPSA) is 62.9 Å². The molecule has 3 aromatic rings. The van der Waals surface area contributed by atoms with E-state index in [0.717, 1.165) is 11.3 Å². The van der Waals surface area contributed by atoms with Crippen LogP contribution < -0.4 is 4.87 Å². The summed E-state index contributed by atoms with van der Waals surface area (Å²) in [7, 11) is 0. The van der Waals surface area contributed by atoms with Crippen LogP contribution >= 0.6 is 11.3 Å². The zero-order valence-electron chi connectivity index (χ0n) is 12.0. The Morgan fingerprint density at radius 1 is 1.26 bits per heavy atom. The van der Waals surface area contributed by atoms with Gasteiger partial charge in [0.25, 0.3) is 0 Å². The molecule has 0 unspecified atom stereocenters. The molecular formula is C17H11FN2O2S. The maximum Gasteiger partial charge on any atom is 0.308 e. The number of thiazole rings is 1. The van der Waals surface area contributed by atoms with E-state index in [1.54, 1.807) is 24.3 Å². The summed E-state index contributed by atoms with van der Waals surface area (Å²) < 4.78 is 15.9. The van der Waals surface area contributed by atoms with Crippen LogP contribution in [-0.4, -0.2) is 10.4 Å². The van der Waals surface area contributed by atoms with Gasteiger partial charge in [-0.15, -0.1) is 0 Å². The van der Waals surface area contributed by atoms with Gasteiger partial charge in [0, 0.05) is 12.1 Å². The van der Waals surface area contributed by atoms with Crippen molar-refractivity contribution >= 4 is 27.3 Å². The van der Waals surface area contributed by atoms with Crippen LogP contribution in [0.1, 0.15) is 22.3 Å². The molecule has 0 N–H and O–H groups in total. The number of hydrogen-bond acceptors (Lipinski definition) is 4. The SMILES string of the molecule is N#CCCn1c(=O)sc2cc(C(=O)c3ccccc3F)ccc21. The van der Waals surface area contributed by atoms with Crippen LogP contribution in [0.2, 0.25) is 0 Å². The highest BCUT2D eigenvalue weighted by molar-refractivity contribution is 7.16. The lowest BCUT2D eigenvalue weighted by Gasteiger charge is -2.04. The van der Waals surface area contributed by atoms with Crippen molar-refractivity contribution in [2.24, 2.45) is 0 Å². The van der Waals surface area contributed by atoms with Crippen molar-refractivity contribution < 1.29 is 9.18 Å². The van der Waals surface area contributed by atoms with Crippen molar-refractivity contribution in [3.05, 3.63) is 69.1 Å². The summed E-state index contributed by atoms with van der Waals surface area (Å²) in [6, 6.07) is 12.6. The zero-order chi connectivity index (χ0) is 16.4. The molecule has 0 radical (unpaired) electrons. The highest BCUT2D eigenvalue weighted by Gasteiger charge is 2.15. The van der Waals surface area contributed by atoms with E-state index in [1.165, 1.54) is 22.8 Å². The number of halogens is 1. The van der Waals surface area contributed by atoms with E-state index < -0.39 is 11.6 Å². The van der Waals surface area contributed by atoms with Crippen molar-refractivity contribution in [1.29, 1.82) is 5.26 Å². The number of fused-ring (bicyclic) bond motifs is 1. The number of ketones is 1. The summed E-state index contributed by atoms with van der Waals surface area (Å²) in [4.78, 5) is 24.2. The van der Waals surface area contributed by atoms with Crippen molar-refractivity contribution in [3.8, 4) is 6.07 Å². The molecule has 0 saturated carbocycles. The van der Waals surface area contributed by atoms with Gasteiger partial charge < -0.3 is 0 Å². The number of aromatic nitrogens is 1. The maximum atomic E-state index is 13.7. The molecule has 0 bridgehead atoms. The van der Waals surface area contributed by atoms with Crippen LogP contribution in [-0.2, 0) is 6.54 Å². The Labute approximate surface area is 135 Å². The summed E-state index contributed by atoms with van der Waals surface area (Å²) in [6.45, 7) is 0.315. The first-order valence-electron chi connectivity index (χ1n) is 6.91. The van der Waals surface area contributed by atoms with Gasteiger partial charge in [-0.25, -0.2) is 4.39 Å². The van der Waals surface area contributed by atoms with Crippen molar-refractivity contribution in [2.45, 2.75) is 13.0 Å². The normalized spacial score (nSPS) is 10.6. The van der Waals surface area contributed by atoms with Crippen molar-refractivity contribution in [1.82, 2.24) is 4.57 Å². The number of carbonyl (C=O) groups is 1. The third-order valence-corrected chi connectivity index (χ3v) is 4.44. The Balaban J connectivity index is 2.05. The molecule has 3 rings (SSSR count).